The molecule has 2 saturated carbocycles. The lowest BCUT2D eigenvalue weighted by Gasteiger charge is -2.61. The quantitative estimate of drug-likeness (QED) is 0.346. The van der Waals surface area contributed by atoms with E-state index in [9.17, 15) is 5.11 Å². The zero-order valence-electron chi connectivity index (χ0n) is 16.3. The van der Waals surface area contributed by atoms with E-state index in [1.165, 1.54) is 31.3 Å². The van der Waals surface area contributed by atoms with Gasteiger partial charge in [0.05, 0.1) is 12.2 Å². The molecule has 6 atom stereocenters. The SMILES string of the molecule is C/C(=C\COPP)CCC1[C@](C)(O)CC[C@H]2C(C)(C)CCC[C@]12C. The lowest BCUT2D eigenvalue weighted by Crippen LogP contribution is -2.57. The second-order valence-corrected chi connectivity index (χ2v) is 10.6. The predicted molar refractivity (Wildman–Crippen MR) is 110 cm³/mol. The van der Waals surface area contributed by atoms with Gasteiger partial charge in [0.2, 0.25) is 0 Å². The summed E-state index contributed by atoms with van der Waals surface area (Å²) in [7, 11) is 3.10. The van der Waals surface area contributed by atoms with Crippen molar-refractivity contribution < 1.29 is 9.63 Å². The van der Waals surface area contributed by atoms with Gasteiger partial charge in [-0.15, -0.1) is 0 Å². The highest BCUT2D eigenvalue weighted by atomic mass is 32.0. The summed E-state index contributed by atoms with van der Waals surface area (Å²) in [6.07, 6.45) is 10.5. The van der Waals surface area contributed by atoms with Gasteiger partial charge >= 0.3 is 0 Å². The molecule has 0 saturated heterocycles. The maximum atomic E-state index is 11.2. The third-order valence-corrected chi connectivity index (χ3v) is 8.02. The van der Waals surface area contributed by atoms with Gasteiger partial charge < -0.3 is 9.63 Å². The van der Waals surface area contributed by atoms with Crippen molar-refractivity contribution in [2.45, 2.75) is 85.2 Å². The lowest BCUT2D eigenvalue weighted by molar-refractivity contribution is -0.168. The van der Waals surface area contributed by atoms with Gasteiger partial charge in [0.15, 0.2) is 0 Å². The first kappa shape index (κ1) is 20.8. The molecule has 24 heavy (non-hydrogen) atoms. The molecule has 2 fully saturated rings. The van der Waals surface area contributed by atoms with Crippen LogP contribution in [0.4, 0.5) is 0 Å². The van der Waals surface area contributed by atoms with Gasteiger partial charge in [-0.25, -0.2) is 0 Å². The molecule has 4 heteroatoms. The number of aliphatic hydroxyl groups is 1. The summed E-state index contributed by atoms with van der Waals surface area (Å²) in [4.78, 5) is 0. The van der Waals surface area contributed by atoms with Gasteiger partial charge in [-0.3, -0.25) is 0 Å². The minimum absolute atomic E-state index is 0.279. The fourth-order valence-corrected chi connectivity index (χ4v) is 6.44. The van der Waals surface area contributed by atoms with Crippen LogP contribution in [0.1, 0.15) is 79.6 Å². The molecule has 1 N–H and O–H groups in total. The summed E-state index contributed by atoms with van der Waals surface area (Å²) in [5.41, 5.74) is 1.58. The standard InChI is InChI=1S/C20H38O2P2/c1-15(10-14-22-24-23)7-8-17-19(4)12-6-11-18(2,3)16(19)9-13-20(17,5)21/h10,16-17,21,24H,6-9,11-14,23H2,1-5H3/b15-10+/t16-,17?,19-,20+/m0/s1. The summed E-state index contributed by atoms with van der Waals surface area (Å²) < 4.78 is 5.43. The van der Waals surface area contributed by atoms with Crippen LogP contribution in [0, 0.1) is 22.7 Å². The van der Waals surface area contributed by atoms with Gasteiger partial charge in [0.25, 0.3) is 0 Å². The molecule has 0 amide bonds. The molecule has 0 radical (unpaired) electrons. The lowest BCUT2D eigenvalue weighted by atomic mass is 9.45. The van der Waals surface area contributed by atoms with E-state index in [2.05, 4.69) is 49.6 Å². The van der Waals surface area contributed by atoms with Crippen molar-refractivity contribution in [1.82, 2.24) is 0 Å². The second-order valence-electron chi connectivity index (χ2n) is 9.37. The number of hydrogen-bond acceptors (Lipinski definition) is 2. The minimum atomic E-state index is -0.517. The van der Waals surface area contributed by atoms with Crippen LogP contribution < -0.4 is 0 Å². The van der Waals surface area contributed by atoms with Crippen molar-refractivity contribution in [1.29, 1.82) is 0 Å². The van der Waals surface area contributed by atoms with Crippen LogP contribution in [0.3, 0.4) is 0 Å². The van der Waals surface area contributed by atoms with Crippen LogP contribution in [-0.4, -0.2) is 17.3 Å². The van der Waals surface area contributed by atoms with E-state index in [1.54, 1.807) is 0 Å². The van der Waals surface area contributed by atoms with E-state index < -0.39 is 5.60 Å². The monoisotopic (exact) mass is 372 g/mol. The smallest absolute Gasteiger partial charge is 0.0693 e. The summed E-state index contributed by atoms with van der Waals surface area (Å²) in [6, 6.07) is 0. The van der Waals surface area contributed by atoms with Crippen molar-refractivity contribution in [2.24, 2.45) is 22.7 Å². The zero-order valence-corrected chi connectivity index (χ0v) is 18.5. The van der Waals surface area contributed by atoms with Gasteiger partial charge in [-0.1, -0.05) is 47.8 Å². The molecule has 0 aromatic carbocycles. The summed E-state index contributed by atoms with van der Waals surface area (Å²) in [5, 5.41) is 11.2. The summed E-state index contributed by atoms with van der Waals surface area (Å²) in [5.74, 6) is 1.14. The summed E-state index contributed by atoms with van der Waals surface area (Å²) >= 11 is 0. The Bertz CT molecular complexity index is 459. The first-order valence-corrected chi connectivity index (χ1v) is 12.3. The van der Waals surface area contributed by atoms with Crippen LogP contribution in [0.15, 0.2) is 11.6 Å². The molecule has 2 rings (SSSR count). The Morgan fingerprint density at radius 1 is 1.25 bits per heavy atom. The largest absolute Gasteiger partial charge is 0.390 e. The third-order valence-electron chi connectivity index (χ3n) is 7.19. The van der Waals surface area contributed by atoms with Crippen LogP contribution in [-0.2, 0) is 4.52 Å². The maximum Gasteiger partial charge on any atom is 0.0693 e. The van der Waals surface area contributed by atoms with Crippen LogP contribution in [0.5, 0.6) is 0 Å². The Labute approximate surface area is 153 Å². The molecule has 2 aliphatic rings. The molecule has 0 heterocycles. The first-order valence-electron chi connectivity index (χ1n) is 9.59. The average molecular weight is 372 g/mol. The third kappa shape index (κ3) is 4.43. The van der Waals surface area contributed by atoms with Crippen LogP contribution in [0.2, 0.25) is 0 Å². The van der Waals surface area contributed by atoms with E-state index >= 15 is 0 Å². The fraction of sp³-hybridized carbons (Fsp3) is 0.900. The fourth-order valence-electron chi connectivity index (χ4n) is 5.97. The Hall–Kier alpha value is 0.520. The highest BCUT2D eigenvalue weighted by Crippen LogP contribution is 2.62. The Morgan fingerprint density at radius 3 is 2.62 bits per heavy atom. The number of hydrogen-bond donors (Lipinski definition) is 1. The molecule has 2 nitrogen and oxygen atoms in total. The number of fused-ring (bicyclic) bond motifs is 1. The van der Waals surface area contributed by atoms with E-state index in [0.717, 1.165) is 25.2 Å². The normalized spacial score (nSPS) is 40.0. The van der Waals surface area contributed by atoms with E-state index in [4.69, 9.17) is 4.52 Å². The van der Waals surface area contributed by atoms with Crippen molar-refractivity contribution >= 4 is 17.4 Å². The minimum Gasteiger partial charge on any atom is -0.390 e. The molecule has 140 valence electrons. The van der Waals surface area contributed by atoms with Gasteiger partial charge in [-0.2, -0.15) is 0 Å². The maximum absolute atomic E-state index is 11.2. The number of allylic oxidation sites excluding steroid dienone is 1. The number of rotatable bonds is 6. The van der Waals surface area contributed by atoms with Gasteiger partial charge in [0, 0.05) is 8.50 Å². The van der Waals surface area contributed by atoms with E-state index in [-0.39, 0.29) is 5.41 Å². The van der Waals surface area contributed by atoms with Gasteiger partial charge in [0.1, 0.15) is 0 Å². The molecule has 2 aliphatic carbocycles. The molecule has 0 bridgehead atoms. The molecule has 0 aliphatic heterocycles. The Balaban J connectivity index is 2.13. The van der Waals surface area contributed by atoms with Gasteiger partial charge in [-0.05, 0) is 75.0 Å². The topological polar surface area (TPSA) is 29.5 Å². The van der Waals surface area contributed by atoms with Crippen molar-refractivity contribution in [3.05, 3.63) is 11.6 Å². The van der Waals surface area contributed by atoms with Crippen molar-refractivity contribution in [2.75, 3.05) is 6.61 Å². The van der Waals surface area contributed by atoms with Crippen LogP contribution in [0.25, 0.3) is 0 Å². The second kappa shape index (κ2) is 8.04. The van der Waals surface area contributed by atoms with E-state index in [0.29, 0.717) is 26.4 Å². The predicted octanol–water partition coefficient (Wildman–Crippen LogP) is 6.11. The van der Waals surface area contributed by atoms with Crippen LogP contribution >= 0.6 is 17.4 Å². The summed E-state index contributed by atoms with van der Waals surface area (Å²) in [6.45, 7) is 12.4. The first-order chi connectivity index (χ1) is 11.1. The molecule has 0 spiro atoms. The zero-order chi connectivity index (χ0) is 18.0. The van der Waals surface area contributed by atoms with Crippen molar-refractivity contribution in [3.8, 4) is 0 Å². The Morgan fingerprint density at radius 2 is 1.96 bits per heavy atom. The highest BCUT2D eigenvalue weighted by molar-refractivity contribution is 8.00. The Kier molecular flexibility index (Phi) is 6.98. The molecular weight excluding hydrogens is 334 g/mol. The van der Waals surface area contributed by atoms with E-state index in [1.807, 2.05) is 0 Å². The highest BCUT2D eigenvalue weighted by Gasteiger charge is 2.57. The molecule has 0 aromatic rings. The molecule has 3 unspecified atom stereocenters. The molecule has 0 aromatic heterocycles. The average Bonchev–Trinajstić information content (AvgIpc) is 2.45. The van der Waals surface area contributed by atoms with Crippen molar-refractivity contribution in [3.63, 3.8) is 0 Å². The molecular formula is C20H38O2P2.